The maximum Gasteiger partial charge on any atom is 0.328 e. The third kappa shape index (κ3) is 6.81. The van der Waals surface area contributed by atoms with Crippen LogP contribution in [0.4, 0.5) is 5.69 Å². The Hall–Kier alpha value is -2.89. The standard InChI is InChI=1S/C26H31NO3Si/c1-31(2,3)19-23(27-22-17-11-6-12-18-22)26(29)30-25(21-15-9-5-10-16-21)24(28)20-13-7-4-8-14-20/h4-18,23-25,27-28H,19H2,1-3H3/t23-,24-,25-/m1/s1. The number of carbonyl (C=O) groups excluding carboxylic acids is 1. The lowest BCUT2D eigenvalue weighted by Crippen LogP contribution is -2.39. The van der Waals surface area contributed by atoms with Crippen LogP contribution in [0.2, 0.25) is 25.7 Å². The number of hydrogen-bond donors (Lipinski definition) is 2. The van der Waals surface area contributed by atoms with Gasteiger partial charge in [0, 0.05) is 13.8 Å². The maximum atomic E-state index is 13.4. The molecule has 0 aliphatic carbocycles. The highest BCUT2D eigenvalue weighted by molar-refractivity contribution is 6.76. The molecule has 3 aromatic rings. The number of rotatable bonds is 9. The van der Waals surface area contributed by atoms with E-state index in [1.165, 1.54) is 0 Å². The number of anilines is 1. The van der Waals surface area contributed by atoms with Gasteiger partial charge in [0.05, 0.1) is 0 Å². The summed E-state index contributed by atoms with van der Waals surface area (Å²) in [7, 11) is -1.58. The molecule has 5 heteroatoms. The van der Waals surface area contributed by atoms with E-state index in [1.54, 1.807) is 0 Å². The van der Waals surface area contributed by atoms with E-state index in [0.717, 1.165) is 17.3 Å². The lowest BCUT2D eigenvalue weighted by molar-refractivity contribution is -0.156. The predicted molar refractivity (Wildman–Crippen MR) is 129 cm³/mol. The van der Waals surface area contributed by atoms with Crippen LogP contribution < -0.4 is 5.32 Å². The smallest absolute Gasteiger partial charge is 0.328 e. The molecular weight excluding hydrogens is 402 g/mol. The molecular formula is C26H31NO3Si. The molecule has 0 amide bonds. The number of para-hydroxylation sites is 1. The van der Waals surface area contributed by atoms with Crippen LogP contribution in [0.3, 0.4) is 0 Å². The van der Waals surface area contributed by atoms with Gasteiger partial charge in [0.25, 0.3) is 0 Å². The summed E-state index contributed by atoms with van der Waals surface area (Å²) < 4.78 is 6.00. The quantitative estimate of drug-likeness (QED) is 0.330. The number of carbonyl (C=O) groups is 1. The van der Waals surface area contributed by atoms with E-state index in [2.05, 4.69) is 25.0 Å². The van der Waals surface area contributed by atoms with Crippen molar-refractivity contribution in [3.05, 3.63) is 102 Å². The second-order valence-electron chi connectivity index (χ2n) is 8.95. The number of benzene rings is 3. The van der Waals surface area contributed by atoms with Crippen molar-refractivity contribution in [2.45, 2.75) is 43.9 Å². The van der Waals surface area contributed by atoms with Crippen molar-refractivity contribution in [3.63, 3.8) is 0 Å². The molecule has 162 valence electrons. The number of nitrogens with one attached hydrogen (secondary N) is 1. The summed E-state index contributed by atoms with van der Waals surface area (Å²) in [6, 6.07) is 28.7. The molecule has 0 aromatic heterocycles. The minimum Gasteiger partial charge on any atom is -0.453 e. The SMILES string of the molecule is C[Si](C)(C)C[C@@H](Nc1ccccc1)C(=O)O[C@H](c1ccccc1)[C@H](O)c1ccccc1. The number of aliphatic hydroxyl groups excluding tert-OH is 1. The molecule has 0 bridgehead atoms. The van der Waals surface area contributed by atoms with Gasteiger partial charge in [-0.15, -0.1) is 0 Å². The molecule has 0 spiro atoms. The highest BCUT2D eigenvalue weighted by Gasteiger charge is 2.32. The van der Waals surface area contributed by atoms with E-state index in [1.807, 2.05) is 91.0 Å². The van der Waals surface area contributed by atoms with Crippen molar-refractivity contribution < 1.29 is 14.6 Å². The Kier molecular flexibility index (Phi) is 7.66. The van der Waals surface area contributed by atoms with Gasteiger partial charge in [0.15, 0.2) is 6.10 Å². The van der Waals surface area contributed by atoms with Crippen molar-refractivity contribution in [2.75, 3.05) is 5.32 Å². The van der Waals surface area contributed by atoms with Gasteiger partial charge in [-0.05, 0) is 29.3 Å². The normalized spacial score (nSPS) is 14.3. The molecule has 4 nitrogen and oxygen atoms in total. The zero-order valence-corrected chi connectivity index (χ0v) is 19.4. The second kappa shape index (κ2) is 10.4. The maximum absolute atomic E-state index is 13.4. The molecule has 3 rings (SSSR count). The second-order valence-corrected chi connectivity index (χ2v) is 14.5. The van der Waals surface area contributed by atoms with E-state index in [0.29, 0.717) is 5.56 Å². The van der Waals surface area contributed by atoms with Crippen molar-refractivity contribution in [1.29, 1.82) is 0 Å². The van der Waals surface area contributed by atoms with Crippen LogP contribution in [0.15, 0.2) is 91.0 Å². The van der Waals surface area contributed by atoms with Crippen molar-refractivity contribution in [2.24, 2.45) is 0 Å². The van der Waals surface area contributed by atoms with Gasteiger partial charge in [-0.25, -0.2) is 4.79 Å². The van der Waals surface area contributed by atoms with Crippen molar-refractivity contribution in [1.82, 2.24) is 0 Å². The van der Waals surface area contributed by atoms with Crippen LogP contribution in [0.25, 0.3) is 0 Å². The lowest BCUT2D eigenvalue weighted by atomic mass is 9.98. The van der Waals surface area contributed by atoms with E-state index in [9.17, 15) is 9.90 Å². The predicted octanol–water partition coefficient (Wildman–Crippen LogP) is 5.82. The Bertz CT molecular complexity index is 943. The summed E-state index contributed by atoms with van der Waals surface area (Å²) in [5.41, 5.74) is 2.35. The average Bonchev–Trinajstić information content (AvgIpc) is 2.77. The molecule has 0 radical (unpaired) electrons. The van der Waals surface area contributed by atoms with E-state index >= 15 is 0 Å². The van der Waals surface area contributed by atoms with Crippen LogP contribution in [0.1, 0.15) is 23.3 Å². The Balaban J connectivity index is 1.87. The number of hydrogen-bond acceptors (Lipinski definition) is 4. The molecule has 0 fully saturated rings. The van der Waals surface area contributed by atoms with Gasteiger partial charge in [0.1, 0.15) is 12.1 Å². The summed E-state index contributed by atoms with van der Waals surface area (Å²) in [5.74, 6) is -0.352. The molecule has 0 aliphatic rings. The van der Waals surface area contributed by atoms with Crippen molar-refractivity contribution >= 4 is 19.7 Å². The first-order valence-corrected chi connectivity index (χ1v) is 14.3. The Morgan fingerprint density at radius 3 is 1.84 bits per heavy atom. The first kappa shape index (κ1) is 22.8. The third-order valence-corrected chi connectivity index (χ3v) is 6.65. The van der Waals surface area contributed by atoms with Gasteiger partial charge in [-0.2, -0.15) is 0 Å². The number of ether oxygens (including phenoxy) is 1. The summed E-state index contributed by atoms with van der Waals surface area (Å²) in [6.45, 7) is 6.69. The van der Waals surface area contributed by atoms with Crippen LogP contribution in [0, 0.1) is 0 Å². The van der Waals surface area contributed by atoms with Crippen LogP contribution in [-0.2, 0) is 9.53 Å². The zero-order valence-electron chi connectivity index (χ0n) is 18.4. The Morgan fingerprint density at radius 1 is 0.839 bits per heavy atom. The van der Waals surface area contributed by atoms with E-state index < -0.39 is 26.3 Å². The third-order valence-electron chi connectivity index (χ3n) is 5.01. The molecule has 31 heavy (non-hydrogen) atoms. The fraction of sp³-hybridized carbons (Fsp3) is 0.269. The highest BCUT2D eigenvalue weighted by Crippen LogP contribution is 2.33. The molecule has 3 aromatic carbocycles. The van der Waals surface area contributed by atoms with Crippen LogP contribution >= 0.6 is 0 Å². The van der Waals surface area contributed by atoms with Crippen molar-refractivity contribution in [3.8, 4) is 0 Å². The highest BCUT2D eigenvalue weighted by atomic mass is 28.3. The Labute approximate surface area is 185 Å². The zero-order chi connectivity index (χ0) is 22.3. The topological polar surface area (TPSA) is 58.6 Å². The summed E-state index contributed by atoms with van der Waals surface area (Å²) >= 11 is 0. The minimum absolute atomic E-state index is 0.352. The molecule has 3 atom stereocenters. The Morgan fingerprint density at radius 2 is 1.32 bits per heavy atom. The molecule has 0 saturated carbocycles. The number of esters is 1. The summed E-state index contributed by atoms with van der Waals surface area (Å²) in [4.78, 5) is 13.4. The average molecular weight is 434 g/mol. The fourth-order valence-corrected chi connectivity index (χ4v) is 5.02. The monoisotopic (exact) mass is 433 g/mol. The van der Waals surface area contributed by atoms with Crippen LogP contribution in [0.5, 0.6) is 0 Å². The lowest BCUT2D eigenvalue weighted by Gasteiger charge is -2.29. The first-order valence-electron chi connectivity index (χ1n) is 10.6. The van der Waals surface area contributed by atoms with Crippen LogP contribution in [-0.4, -0.2) is 25.2 Å². The molecule has 0 saturated heterocycles. The van der Waals surface area contributed by atoms with Gasteiger partial charge in [-0.1, -0.05) is 98.5 Å². The fourth-order valence-electron chi connectivity index (χ4n) is 3.53. The molecule has 0 aliphatic heterocycles. The van der Waals surface area contributed by atoms with E-state index in [-0.39, 0.29) is 5.97 Å². The van der Waals surface area contributed by atoms with Gasteiger partial charge < -0.3 is 15.2 Å². The van der Waals surface area contributed by atoms with Gasteiger partial charge in [0.2, 0.25) is 0 Å². The summed E-state index contributed by atoms with van der Waals surface area (Å²) in [6.07, 6.45) is -1.75. The minimum atomic E-state index is -1.58. The van der Waals surface area contributed by atoms with Gasteiger partial charge in [-0.3, -0.25) is 0 Å². The van der Waals surface area contributed by atoms with E-state index in [4.69, 9.17) is 4.74 Å². The largest absolute Gasteiger partial charge is 0.453 e. The number of aliphatic hydroxyl groups is 1. The molecule has 2 N–H and O–H groups in total. The summed E-state index contributed by atoms with van der Waals surface area (Å²) in [5, 5.41) is 14.4. The van der Waals surface area contributed by atoms with Gasteiger partial charge >= 0.3 is 5.97 Å². The molecule has 0 unspecified atom stereocenters. The first-order chi connectivity index (χ1) is 14.8. The molecule has 0 heterocycles.